The van der Waals surface area contributed by atoms with Crippen LogP contribution in [-0.2, 0) is 6.42 Å². The normalized spacial score (nSPS) is 22.6. The molecule has 1 unspecified atom stereocenters. The molecule has 3 aromatic carbocycles. The largest absolute Gasteiger partial charge is 0.354 e. The van der Waals surface area contributed by atoms with Crippen LogP contribution in [0.25, 0.3) is 22.2 Å². The molecule has 0 spiro atoms. The van der Waals surface area contributed by atoms with E-state index in [0.29, 0.717) is 28.9 Å². The van der Waals surface area contributed by atoms with E-state index in [1.54, 1.807) is 6.07 Å². The maximum absolute atomic E-state index is 15.3. The molecule has 2 aliphatic carbocycles. The predicted molar refractivity (Wildman–Crippen MR) is 146 cm³/mol. The summed E-state index contributed by atoms with van der Waals surface area (Å²) >= 11 is 0. The number of aromatic amines is 1. The Bertz CT molecular complexity index is 1560. The molecule has 0 radical (unpaired) electrons. The molecule has 1 aliphatic heterocycles. The summed E-state index contributed by atoms with van der Waals surface area (Å²) < 4.78 is 15.3. The molecule has 2 saturated carbocycles. The van der Waals surface area contributed by atoms with Gasteiger partial charge in [-0.2, -0.15) is 0 Å². The van der Waals surface area contributed by atoms with Crippen LogP contribution in [0.5, 0.6) is 0 Å². The molecule has 3 nitrogen and oxygen atoms in total. The molecule has 1 aromatic heterocycles. The molecule has 37 heavy (non-hydrogen) atoms. The summed E-state index contributed by atoms with van der Waals surface area (Å²) in [5, 5.41) is 1.10. The summed E-state index contributed by atoms with van der Waals surface area (Å²) in [7, 11) is 0. The number of H-pyrrole nitrogens is 1. The second-order valence-electron chi connectivity index (χ2n) is 11.1. The van der Waals surface area contributed by atoms with Crippen molar-refractivity contribution >= 4 is 16.8 Å². The van der Waals surface area contributed by atoms with Crippen molar-refractivity contribution in [3.8, 4) is 11.3 Å². The van der Waals surface area contributed by atoms with Gasteiger partial charge in [-0.1, -0.05) is 36.4 Å². The second kappa shape index (κ2) is 8.44. The van der Waals surface area contributed by atoms with Crippen LogP contribution in [0.1, 0.15) is 76.7 Å². The highest BCUT2D eigenvalue weighted by atomic mass is 19.1. The number of hydrogen-bond donors (Lipinski definition) is 1. The molecule has 3 aliphatic rings. The van der Waals surface area contributed by atoms with Crippen LogP contribution < -0.4 is 0 Å². The number of fused-ring (bicyclic) bond motifs is 2. The molecule has 2 heterocycles. The van der Waals surface area contributed by atoms with Gasteiger partial charge in [-0.15, -0.1) is 6.58 Å². The van der Waals surface area contributed by atoms with Crippen molar-refractivity contribution in [3.63, 3.8) is 0 Å². The van der Waals surface area contributed by atoms with Gasteiger partial charge in [-0.25, -0.2) is 4.39 Å². The van der Waals surface area contributed by atoms with Gasteiger partial charge in [0.15, 0.2) is 0 Å². The Balaban J connectivity index is 1.24. The van der Waals surface area contributed by atoms with Crippen LogP contribution in [0, 0.1) is 11.7 Å². The summed E-state index contributed by atoms with van der Waals surface area (Å²) in [5.74, 6) is 1.19. The van der Waals surface area contributed by atoms with Gasteiger partial charge in [0.1, 0.15) is 5.82 Å². The summed E-state index contributed by atoms with van der Waals surface area (Å²) in [5.41, 5.74) is 7.78. The van der Waals surface area contributed by atoms with Crippen molar-refractivity contribution in [1.29, 1.82) is 0 Å². The standard InChI is InChI=1S/C33H31FN2O/c1-3-20-14-27(20)23-10-11-26(30(34)16-23)32-18-29-28(22-8-9-22)15-24(17-31(29)35-32)33(37)36-13-12-21-6-4-5-7-25(21)19(36)2/h3-7,10-11,15-20,22,27,35H,1,8-9,12-14H2,2H3/t19-,20?,27+/m1/s1. The number of rotatable bonds is 5. The Morgan fingerprint density at radius 1 is 1.08 bits per heavy atom. The highest BCUT2D eigenvalue weighted by Crippen LogP contribution is 2.49. The summed E-state index contributed by atoms with van der Waals surface area (Å²) in [4.78, 5) is 19.2. The zero-order valence-electron chi connectivity index (χ0n) is 21.1. The number of nitrogens with one attached hydrogen (secondary N) is 1. The second-order valence-corrected chi connectivity index (χ2v) is 11.1. The van der Waals surface area contributed by atoms with Crippen LogP contribution in [0.15, 0.2) is 73.3 Å². The lowest BCUT2D eigenvalue weighted by molar-refractivity contribution is 0.0677. The van der Waals surface area contributed by atoms with Crippen molar-refractivity contribution in [2.45, 2.75) is 50.5 Å². The van der Waals surface area contributed by atoms with Gasteiger partial charge in [0.05, 0.1) is 6.04 Å². The molecule has 186 valence electrons. The lowest BCUT2D eigenvalue weighted by atomic mass is 9.92. The third-order valence-corrected chi connectivity index (χ3v) is 8.74. The number of amides is 1. The molecular weight excluding hydrogens is 459 g/mol. The van der Waals surface area contributed by atoms with E-state index >= 15 is 4.39 Å². The lowest BCUT2D eigenvalue weighted by Gasteiger charge is -2.35. The Hall–Kier alpha value is -3.66. The fourth-order valence-electron chi connectivity index (χ4n) is 6.32. The minimum absolute atomic E-state index is 0.0384. The monoisotopic (exact) mass is 490 g/mol. The van der Waals surface area contributed by atoms with Gasteiger partial charge in [-0.3, -0.25) is 4.79 Å². The van der Waals surface area contributed by atoms with Crippen molar-refractivity contribution in [1.82, 2.24) is 9.88 Å². The molecule has 7 rings (SSSR count). The predicted octanol–water partition coefficient (Wildman–Crippen LogP) is 7.90. The van der Waals surface area contributed by atoms with E-state index < -0.39 is 0 Å². The zero-order chi connectivity index (χ0) is 25.3. The maximum Gasteiger partial charge on any atom is 0.254 e. The molecule has 2 fully saturated rings. The molecule has 4 heteroatoms. The van der Waals surface area contributed by atoms with Gasteiger partial charge < -0.3 is 9.88 Å². The quantitative estimate of drug-likeness (QED) is 0.284. The maximum atomic E-state index is 15.3. The minimum Gasteiger partial charge on any atom is -0.354 e. The summed E-state index contributed by atoms with van der Waals surface area (Å²) in [6, 6.07) is 20.2. The van der Waals surface area contributed by atoms with Crippen LogP contribution >= 0.6 is 0 Å². The van der Waals surface area contributed by atoms with Crippen molar-refractivity contribution in [2.75, 3.05) is 6.54 Å². The first-order valence-electron chi connectivity index (χ1n) is 13.5. The smallest absolute Gasteiger partial charge is 0.254 e. The number of carbonyl (C=O) groups excluding carboxylic acids is 1. The number of allylic oxidation sites excluding steroid dienone is 1. The van der Waals surface area contributed by atoms with Gasteiger partial charge in [0, 0.05) is 34.3 Å². The van der Waals surface area contributed by atoms with Gasteiger partial charge in [0.2, 0.25) is 0 Å². The first kappa shape index (κ1) is 22.5. The minimum atomic E-state index is -0.205. The van der Waals surface area contributed by atoms with Crippen molar-refractivity contribution in [2.24, 2.45) is 5.92 Å². The first-order chi connectivity index (χ1) is 18.0. The van der Waals surface area contributed by atoms with Crippen LogP contribution in [0.4, 0.5) is 4.39 Å². The Morgan fingerprint density at radius 2 is 1.92 bits per heavy atom. The molecule has 1 amide bonds. The van der Waals surface area contributed by atoms with Gasteiger partial charge in [0.25, 0.3) is 5.91 Å². The van der Waals surface area contributed by atoms with E-state index in [0.717, 1.165) is 54.4 Å². The molecule has 4 aromatic rings. The van der Waals surface area contributed by atoms with Gasteiger partial charge in [-0.05, 0) is 103 Å². The lowest BCUT2D eigenvalue weighted by Crippen LogP contribution is -2.38. The number of benzene rings is 3. The Morgan fingerprint density at radius 3 is 2.68 bits per heavy atom. The van der Waals surface area contributed by atoms with E-state index in [1.165, 1.54) is 16.7 Å². The van der Waals surface area contributed by atoms with Crippen LogP contribution in [0.2, 0.25) is 0 Å². The average molecular weight is 491 g/mol. The summed E-state index contributed by atoms with van der Waals surface area (Å²) in [6.45, 7) is 6.71. The zero-order valence-corrected chi connectivity index (χ0v) is 21.1. The average Bonchev–Trinajstić information content (AvgIpc) is 3.84. The SMILES string of the molecule is C=CC1C[C@@H]1c1ccc(-c2cc3c(C4CC4)cc(C(=O)N4CCc5ccccc5[C@H]4C)cc3[nH]2)c(F)c1. The van der Waals surface area contributed by atoms with E-state index in [1.807, 2.05) is 29.2 Å². The third kappa shape index (κ3) is 3.81. The van der Waals surface area contributed by atoms with E-state index in [2.05, 4.69) is 54.9 Å². The van der Waals surface area contributed by atoms with Crippen LogP contribution in [0.3, 0.4) is 0 Å². The van der Waals surface area contributed by atoms with E-state index in [4.69, 9.17) is 0 Å². The third-order valence-electron chi connectivity index (χ3n) is 8.74. The van der Waals surface area contributed by atoms with Crippen LogP contribution in [-0.4, -0.2) is 22.3 Å². The fraction of sp³-hybridized carbons (Fsp3) is 0.303. The molecule has 0 saturated heterocycles. The molecular formula is C33H31FN2O. The highest BCUT2D eigenvalue weighted by Gasteiger charge is 2.36. The summed E-state index contributed by atoms with van der Waals surface area (Å²) in [6.07, 6.45) is 6.17. The van der Waals surface area contributed by atoms with E-state index in [9.17, 15) is 4.79 Å². The van der Waals surface area contributed by atoms with E-state index in [-0.39, 0.29) is 17.8 Å². The van der Waals surface area contributed by atoms with Gasteiger partial charge >= 0.3 is 0 Å². The molecule has 0 bridgehead atoms. The Labute approximate surface area is 217 Å². The van der Waals surface area contributed by atoms with Crippen molar-refractivity contribution in [3.05, 3.63) is 107 Å². The highest BCUT2D eigenvalue weighted by molar-refractivity contribution is 6.00. The fourth-order valence-corrected chi connectivity index (χ4v) is 6.32. The topological polar surface area (TPSA) is 36.1 Å². The Kier molecular flexibility index (Phi) is 5.14. The number of aromatic nitrogens is 1. The number of hydrogen-bond acceptors (Lipinski definition) is 1. The molecule has 1 N–H and O–H groups in total. The number of nitrogens with zero attached hydrogens (tertiary/aromatic N) is 1. The van der Waals surface area contributed by atoms with Crippen molar-refractivity contribution < 1.29 is 9.18 Å². The first-order valence-corrected chi connectivity index (χ1v) is 13.5. The number of carbonyl (C=O) groups is 1. The number of halogens is 1. The molecule has 3 atom stereocenters.